The SMILES string of the molecule is CCCNCc1ccc(COC2CCOCC2)o1. The normalized spacial score (nSPS) is 17.2. The van der Waals surface area contributed by atoms with Gasteiger partial charge in [-0.25, -0.2) is 0 Å². The van der Waals surface area contributed by atoms with Crippen molar-refractivity contribution in [3.63, 3.8) is 0 Å². The van der Waals surface area contributed by atoms with Gasteiger partial charge in [0.25, 0.3) is 0 Å². The number of hydrogen-bond acceptors (Lipinski definition) is 4. The Morgan fingerprint density at radius 3 is 2.83 bits per heavy atom. The summed E-state index contributed by atoms with van der Waals surface area (Å²) in [4.78, 5) is 0. The van der Waals surface area contributed by atoms with E-state index in [0.29, 0.717) is 12.7 Å². The number of ether oxygens (including phenoxy) is 2. The summed E-state index contributed by atoms with van der Waals surface area (Å²) in [5.74, 6) is 1.89. The van der Waals surface area contributed by atoms with Crippen LogP contribution in [0.2, 0.25) is 0 Å². The van der Waals surface area contributed by atoms with Gasteiger partial charge in [-0.05, 0) is 37.9 Å². The minimum absolute atomic E-state index is 0.325. The molecule has 2 rings (SSSR count). The second kappa shape index (κ2) is 7.56. The van der Waals surface area contributed by atoms with Gasteiger partial charge in [-0.3, -0.25) is 0 Å². The van der Waals surface area contributed by atoms with Gasteiger partial charge in [-0.1, -0.05) is 6.92 Å². The Hall–Kier alpha value is -0.840. The highest BCUT2D eigenvalue weighted by Gasteiger charge is 2.14. The zero-order valence-corrected chi connectivity index (χ0v) is 11.1. The Kier molecular flexibility index (Phi) is 5.71. The van der Waals surface area contributed by atoms with E-state index in [9.17, 15) is 0 Å². The van der Waals surface area contributed by atoms with Crippen LogP contribution in [0.15, 0.2) is 16.5 Å². The fraction of sp³-hybridized carbons (Fsp3) is 0.714. The molecule has 1 aromatic heterocycles. The molecule has 0 atom stereocenters. The predicted molar refractivity (Wildman–Crippen MR) is 69.3 cm³/mol. The maximum atomic E-state index is 5.81. The van der Waals surface area contributed by atoms with Crippen LogP contribution in [-0.2, 0) is 22.6 Å². The number of nitrogens with one attached hydrogen (secondary N) is 1. The molecule has 0 amide bonds. The number of furan rings is 1. The first kappa shape index (κ1) is 13.6. The van der Waals surface area contributed by atoms with Crippen molar-refractivity contribution in [1.29, 1.82) is 0 Å². The van der Waals surface area contributed by atoms with E-state index in [0.717, 1.165) is 57.1 Å². The minimum atomic E-state index is 0.325. The monoisotopic (exact) mass is 253 g/mol. The van der Waals surface area contributed by atoms with Crippen molar-refractivity contribution < 1.29 is 13.9 Å². The van der Waals surface area contributed by atoms with E-state index in [2.05, 4.69) is 12.2 Å². The van der Waals surface area contributed by atoms with Gasteiger partial charge in [0, 0.05) is 13.2 Å². The molecule has 0 spiro atoms. The third-order valence-electron chi connectivity index (χ3n) is 3.07. The minimum Gasteiger partial charge on any atom is -0.462 e. The third kappa shape index (κ3) is 4.44. The summed E-state index contributed by atoms with van der Waals surface area (Å²) >= 11 is 0. The molecule has 1 saturated heterocycles. The summed E-state index contributed by atoms with van der Waals surface area (Å²) in [7, 11) is 0. The summed E-state index contributed by atoms with van der Waals surface area (Å²) in [6.45, 7) is 6.17. The Morgan fingerprint density at radius 2 is 2.06 bits per heavy atom. The molecular formula is C14H23NO3. The van der Waals surface area contributed by atoms with Crippen molar-refractivity contribution in [1.82, 2.24) is 5.32 Å². The van der Waals surface area contributed by atoms with Crippen molar-refractivity contribution in [2.24, 2.45) is 0 Å². The highest BCUT2D eigenvalue weighted by atomic mass is 16.5. The van der Waals surface area contributed by atoms with Crippen molar-refractivity contribution >= 4 is 0 Å². The van der Waals surface area contributed by atoms with E-state index in [-0.39, 0.29) is 0 Å². The van der Waals surface area contributed by atoms with Crippen LogP contribution >= 0.6 is 0 Å². The van der Waals surface area contributed by atoms with Crippen LogP contribution in [0.5, 0.6) is 0 Å². The Morgan fingerprint density at radius 1 is 1.28 bits per heavy atom. The summed E-state index contributed by atoms with van der Waals surface area (Å²) in [6.07, 6.45) is 3.45. The van der Waals surface area contributed by atoms with Crippen LogP contribution in [0.25, 0.3) is 0 Å². The number of rotatable bonds is 7. The van der Waals surface area contributed by atoms with Crippen LogP contribution in [0.1, 0.15) is 37.7 Å². The van der Waals surface area contributed by atoms with Crippen LogP contribution in [0, 0.1) is 0 Å². The second-order valence-corrected chi connectivity index (χ2v) is 4.67. The Bertz CT molecular complexity index is 332. The lowest BCUT2D eigenvalue weighted by Gasteiger charge is -2.21. The summed E-state index contributed by atoms with van der Waals surface area (Å²) in [5.41, 5.74) is 0. The molecule has 0 aromatic carbocycles. The molecule has 0 radical (unpaired) electrons. The zero-order valence-electron chi connectivity index (χ0n) is 11.1. The van der Waals surface area contributed by atoms with Crippen molar-refractivity contribution in [2.75, 3.05) is 19.8 Å². The maximum Gasteiger partial charge on any atom is 0.129 e. The quantitative estimate of drug-likeness (QED) is 0.758. The van der Waals surface area contributed by atoms with E-state index in [1.165, 1.54) is 0 Å². The molecule has 1 aliphatic rings. The largest absolute Gasteiger partial charge is 0.462 e. The van der Waals surface area contributed by atoms with E-state index in [1.807, 2.05) is 12.1 Å². The lowest BCUT2D eigenvalue weighted by Crippen LogP contribution is -2.23. The smallest absolute Gasteiger partial charge is 0.129 e. The molecule has 1 N–H and O–H groups in total. The molecule has 18 heavy (non-hydrogen) atoms. The summed E-state index contributed by atoms with van der Waals surface area (Å²) in [6, 6.07) is 4.02. The topological polar surface area (TPSA) is 43.6 Å². The van der Waals surface area contributed by atoms with E-state index < -0.39 is 0 Å². The predicted octanol–water partition coefficient (Wildman–Crippen LogP) is 2.47. The van der Waals surface area contributed by atoms with Crippen LogP contribution in [-0.4, -0.2) is 25.9 Å². The van der Waals surface area contributed by atoms with Crippen molar-refractivity contribution in [2.45, 2.75) is 45.4 Å². The zero-order chi connectivity index (χ0) is 12.6. The van der Waals surface area contributed by atoms with Gasteiger partial charge >= 0.3 is 0 Å². The van der Waals surface area contributed by atoms with Crippen LogP contribution in [0.3, 0.4) is 0 Å². The molecule has 0 bridgehead atoms. The highest BCUT2D eigenvalue weighted by molar-refractivity contribution is 5.06. The molecule has 4 heteroatoms. The van der Waals surface area contributed by atoms with Gasteiger partial charge in [0.1, 0.15) is 18.1 Å². The van der Waals surface area contributed by atoms with Gasteiger partial charge < -0.3 is 19.2 Å². The maximum absolute atomic E-state index is 5.81. The van der Waals surface area contributed by atoms with Gasteiger partial charge in [0.05, 0.1) is 12.6 Å². The Labute approximate surface area is 109 Å². The molecule has 0 aliphatic carbocycles. The van der Waals surface area contributed by atoms with Crippen LogP contribution < -0.4 is 5.32 Å². The third-order valence-corrected chi connectivity index (χ3v) is 3.07. The average molecular weight is 253 g/mol. The molecular weight excluding hydrogens is 230 g/mol. The fourth-order valence-electron chi connectivity index (χ4n) is 2.03. The standard InChI is InChI=1S/C14H23NO3/c1-2-7-15-10-13-3-4-14(18-13)11-17-12-5-8-16-9-6-12/h3-4,12,15H,2,5-11H2,1H3. The number of hydrogen-bond donors (Lipinski definition) is 1. The van der Waals surface area contributed by atoms with Crippen molar-refractivity contribution in [3.05, 3.63) is 23.7 Å². The lowest BCUT2D eigenvalue weighted by atomic mass is 10.1. The molecule has 1 fully saturated rings. The van der Waals surface area contributed by atoms with Gasteiger partial charge in [0.15, 0.2) is 0 Å². The molecule has 1 aromatic rings. The summed E-state index contributed by atoms with van der Waals surface area (Å²) in [5, 5.41) is 3.32. The van der Waals surface area contributed by atoms with E-state index in [1.54, 1.807) is 0 Å². The fourth-order valence-corrected chi connectivity index (χ4v) is 2.03. The Balaban J connectivity index is 1.69. The molecule has 4 nitrogen and oxygen atoms in total. The highest BCUT2D eigenvalue weighted by Crippen LogP contribution is 2.15. The molecule has 102 valence electrons. The first-order valence-corrected chi connectivity index (χ1v) is 6.86. The van der Waals surface area contributed by atoms with Gasteiger partial charge in [-0.2, -0.15) is 0 Å². The first-order valence-electron chi connectivity index (χ1n) is 6.86. The lowest BCUT2D eigenvalue weighted by molar-refractivity contribution is -0.0435. The van der Waals surface area contributed by atoms with E-state index >= 15 is 0 Å². The van der Waals surface area contributed by atoms with Gasteiger partial charge in [-0.15, -0.1) is 0 Å². The van der Waals surface area contributed by atoms with Gasteiger partial charge in [0.2, 0.25) is 0 Å². The molecule has 1 aliphatic heterocycles. The average Bonchev–Trinajstić information content (AvgIpc) is 2.86. The second-order valence-electron chi connectivity index (χ2n) is 4.67. The molecule has 2 heterocycles. The molecule has 0 saturated carbocycles. The molecule has 0 unspecified atom stereocenters. The summed E-state index contributed by atoms with van der Waals surface area (Å²) < 4.78 is 16.8. The first-order chi connectivity index (χ1) is 8.88. The van der Waals surface area contributed by atoms with E-state index in [4.69, 9.17) is 13.9 Å². The van der Waals surface area contributed by atoms with Crippen LogP contribution in [0.4, 0.5) is 0 Å². The van der Waals surface area contributed by atoms with Crippen molar-refractivity contribution in [3.8, 4) is 0 Å².